The Kier molecular flexibility index (Phi) is 6.22. The lowest BCUT2D eigenvalue weighted by atomic mass is 10.0. The molecule has 1 saturated carbocycles. The monoisotopic (exact) mass is 391 g/mol. The molecule has 148 valence electrons. The van der Waals surface area contributed by atoms with Crippen LogP contribution in [-0.2, 0) is 10.0 Å². The first-order chi connectivity index (χ1) is 12.9. The van der Waals surface area contributed by atoms with E-state index < -0.39 is 10.0 Å². The molecule has 0 atom stereocenters. The van der Waals surface area contributed by atoms with Crippen molar-refractivity contribution >= 4 is 16.1 Å². The Morgan fingerprint density at radius 2 is 1.67 bits per heavy atom. The van der Waals surface area contributed by atoms with Crippen molar-refractivity contribution in [3.63, 3.8) is 0 Å². The summed E-state index contributed by atoms with van der Waals surface area (Å²) < 4.78 is 26.9. The number of aryl methyl sites for hydroxylation is 1. The molecule has 0 aromatic heterocycles. The number of carbonyl (C=O) groups is 1. The second-order valence-electron chi connectivity index (χ2n) is 7.52. The second kappa shape index (κ2) is 8.44. The molecular formula is C20H29N3O3S. The van der Waals surface area contributed by atoms with Crippen molar-refractivity contribution in [2.24, 2.45) is 5.92 Å². The van der Waals surface area contributed by atoms with Crippen molar-refractivity contribution in [3.8, 4) is 0 Å². The van der Waals surface area contributed by atoms with Crippen LogP contribution in [0.4, 0.5) is 4.79 Å². The summed E-state index contributed by atoms with van der Waals surface area (Å²) in [6.07, 6.45) is 6.76. The number of rotatable bonds is 4. The van der Waals surface area contributed by atoms with Crippen molar-refractivity contribution in [2.45, 2.75) is 44.4 Å². The number of piperazine rings is 1. The lowest BCUT2D eigenvalue weighted by Gasteiger charge is -2.33. The molecule has 0 unspecified atom stereocenters. The van der Waals surface area contributed by atoms with Gasteiger partial charge in [0.15, 0.2) is 0 Å². The first-order valence-electron chi connectivity index (χ1n) is 9.67. The largest absolute Gasteiger partial charge is 0.322 e. The summed E-state index contributed by atoms with van der Waals surface area (Å²) in [4.78, 5) is 14.4. The normalized spacial score (nSPS) is 20.1. The van der Waals surface area contributed by atoms with Crippen LogP contribution >= 0.6 is 0 Å². The average molecular weight is 392 g/mol. The highest BCUT2D eigenvalue weighted by molar-refractivity contribution is 7.89. The number of urea groups is 1. The van der Waals surface area contributed by atoms with E-state index in [1.54, 1.807) is 29.2 Å². The lowest BCUT2D eigenvalue weighted by Crippen LogP contribution is -2.52. The summed E-state index contributed by atoms with van der Waals surface area (Å²) in [5.41, 5.74) is 2.25. The van der Waals surface area contributed by atoms with Crippen molar-refractivity contribution in [1.29, 1.82) is 0 Å². The predicted molar refractivity (Wildman–Crippen MR) is 106 cm³/mol. The minimum Gasteiger partial charge on any atom is -0.322 e. The Labute approximate surface area is 162 Å². The van der Waals surface area contributed by atoms with E-state index in [-0.39, 0.29) is 6.03 Å². The molecule has 2 aliphatic rings. The molecule has 1 aliphatic heterocycles. The molecule has 3 rings (SSSR count). The molecule has 0 radical (unpaired) electrons. The van der Waals surface area contributed by atoms with E-state index in [0.29, 0.717) is 37.0 Å². The van der Waals surface area contributed by atoms with Crippen LogP contribution in [-0.4, -0.2) is 49.8 Å². The van der Waals surface area contributed by atoms with Crippen molar-refractivity contribution in [3.05, 3.63) is 41.6 Å². The third-order valence-corrected chi connectivity index (χ3v) is 7.52. The summed E-state index contributed by atoms with van der Waals surface area (Å²) in [5, 5.41) is 2.88. The van der Waals surface area contributed by atoms with E-state index in [0.717, 1.165) is 5.56 Å². The first-order valence-corrected chi connectivity index (χ1v) is 11.1. The maximum atomic E-state index is 12.7. The Bertz CT molecular complexity index is 788. The Hall–Kier alpha value is -1.86. The Balaban J connectivity index is 1.54. The van der Waals surface area contributed by atoms with E-state index >= 15 is 0 Å². The summed E-state index contributed by atoms with van der Waals surface area (Å²) in [6.45, 7) is 5.42. The van der Waals surface area contributed by atoms with Gasteiger partial charge >= 0.3 is 6.03 Å². The molecule has 1 saturated heterocycles. The van der Waals surface area contributed by atoms with Crippen molar-refractivity contribution in [2.75, 3.05) is 26.2 Å². The van der Waals surface area contributed by atoms with Crippen LogP contribution in [0.2, 0.25) is 0 Å². The molecule has 6 nitrogen and oxygen atoms in total. The number of carbonyl (C=O) groups excluding carboxylic acids is 1. The zero-order valence-corrected chi connectivity index (χ0v) is 17.0. The van der Waals surface area contributed by atoms with Crippen LogP contribution in [0.3, 0.4) is 0 Å². The van der Waals surface area contributed by atoms with E-state index in [9.17, 15) is 13.2 Å². The highest BCUT2D eigenvalue weighted by atomic mass is 32.2. The Morgan fingerprint density at radius 1 is 1.07 bits per heavy atom. The van der Waals surface area contributed by atoms with Gasteiger partial charge in [0.05, 0.1) is 4.90 Å². The number of hydrogen-bond acceptors (Lipinski definition) is 3. The molecular weight excluding hydrogens is 362 g/mol. The molecule has 1 N–H and O–H groups in total. The fourth-order valence-electron chi connectivity index (χ4n) is 3.76. The number of allylic oxidation sites excluding steroid dienone is 1. The molecule has 1 heterocycles. The van der Waals surface area contributed by atoms with Crippen molar-refractivity contribution < 1.29 is 13.2 Å². The molecule has 1 aliphatic carbocycles. The van der Waals surface area contributed by atoms with Crippen LogP contribution in [0, 0.1) is 12.8 Å². The third-order valence-electron chi connectivity index (χ3n) is 5.61. The van der Waals surface area contributed by atoms with Gasteiger partial charge in [-0.25, -0.2) is 13.2 Å². The van der Waals surface area contributed by atoms with Crippen LogP contribution in [0.1, 0.15) is 38.2 Å². The maximum absolute atomic E-state index is 12.7. The van der Waals surface area contributed by atoms with Crippen LogP contribution in [0.15, 0.2) is 40.9 Å². The van der Waals surface area contributed by atoms with Gasteiger partial charge in [-0.05, 0) is 44.7 Å². The standard InChI is InChI=1S/C20H29N3O3S/c1-16-7-9-19(10-8-16)27(25,26)23-13-11-22(12-14-23)20(24)21-15-17(2)18-5-3-4-6-18/h7-10,15,18H,3-6,11-14H2,1-2H3,(H,21,24)/b17-15+. The minimum absolute atomic E-state index is 0.153. The number of amides is 2. The molecule has 1 aromatic carbocycles. The van der Waals surface area contributed by atoms with Gasteiger partial charge in [0.2, 0.25) is 10.0 Å². The van der Waals surface area contributed by atoms with Gasteiger partial charge in [-0.1, -0.05) is 36.1 Å². The van der Waals surface area contributed by atoms with E-state index in [1.807, 2.05) is 13.1 Å². The molecule has 0 bridgehead atoms. The summed E-state index contributed by atoms with van der Waals surface area (Å²) in [7, 11) is -3.50. The quantitative estimate of drug-likeness (QED) is 0.857. The SMILES string of the molecule is C/C(=C\NC(=O)N1CCN(S(=O)(=O)c2ccc(C)cc2)CC1)C1CCCC1. The summed E-state index contributed by atoms with van der Waals surface area (Å²) >= 11 is 0. The minimum atomic E-state index is -3.50. The van der Waals surface area contributed by atoms with Gasteiger partial charge in [0, 0.05) is 32.4 Å². The van der Waals surface area contributed by atoms with E-state index in [2.05, 4.69) is 12.2 Å². The van der Waals surface area contributed by atoms with E-state index in [4.69, 9.17) is 0 Å². The van der Waals surface area contributed by atoms with Crippen LogP contribution in [0.5, 0.6) is 0 Å². The molecule has 0 spiro atoms. The average Bonchev–Trinajstić information content (AvgIpc) is 3.21. The third kappa shape index (κ3) is 4.71. The zero-order valence-electron chi connectivity index (χ0n) is 16.1. The topological polar surface area (TPSA) is 69.7 Å². The zero-order chi connectivity index (χ0) is 19.4. The van der Waals surface area contributed by atoms with Crippen LogP contribution < -0.4 is 5.32 Å². The van der Waals surface area contributed by atoms with Gasteiger partial charge in [-0.2, -0.15) is 4.31 Å². The fourth-order valence-corrected chi connectivity index (χ4v) is 5.18. The summed E-state index contributed by atoms with van der Waals surface area (Å²) in [5.74, 6) is 0.585. The number of nitrogens with one attached hydrogen (secondary N) is 1. The number of nitrogens with zero attached hydrogens (tertiary/aromatic N) is 2. The second-order valence-corrected chi connectivity index (χ2v) is 9.46. The lowest BCUT2D eigenvalue weighted by molar-refractivity contribution is 0.175. The molecule has 7 heteroatoms. The molecule has 2 fully saturated rings. The number of hydrogen-bond donors (Lipinski definition) is 1. The van der Waals surface area contributed by atoms with Gasteiger partial charge in [0.25, 0.3) is 0 Å². The van der Waals surface area contributed by atoms with Crippen molar-refractivity contribution in [1.82, 2.24) is 14.5 Å². The number of benzene rings is 1. The van der Waals surface area contributed by atoms with Crippen LogP contribution in [0.25, 0.3) is 0 Å². The van der Waals surface area contributed by atoms with Gasteiger partial charge in [-0.15, -0.1) is 0 Å². The Morgan fingerprint density at radius 3 is 2.26 bits per heavy atom. The molecule has 2 amide bonds. The molecule has 27 heavy (non-hydrogen) atoms. The maximum Gasteiger partial charge on any atom is 0.321 e. The highest BCUT2D eigenvalue weighted by Gasteiger charge is 2.30. The highest BCUT2D eigenvalue weighted by Crippen LogP contribution is 2.30. The predicted octanol–water partition coefficient (Wildman–Crippen LogP) is 3.10. The fraction of sp³-hybridized carbons (Fsp3) is 0.550. The smallest absolute Gasteiger partial charge is 0.321 e. The van der Waals surface area contributed by atoms with Gasteiger partial charge in [0.1, 0.15) is 0 Å². The van der Waals surface area contributed by atoms with Gasteiger partial charge < -0.3 is 10.2 Å². The number of sulfonamides is 1. The summed E-state index contributed by atoms with van der Waals surface area (Å²) in [6, 6.07) is 6.73. The van der Waals surface area contributed by atoms with E-state index in [1.165, 1.54) is 35.6 Å². The van der Waals surface area contributed by atoms with Gasteiger partial charge in [-0.3, -0.25) is 0 Å². The molecule has 1 aromatic rings. The first kappa shape index (κ1) is 19.9.